The summed E-state index contributed by atoms with van der Waals surface area (Å²) < 4.78 is 18.8. The van der Waals surface area contributed by atoms with Gasteiger partial charge in [-0.2, -0.15) is 0 Å². The van der Waals surface area contributed by atoms with Crippen LogP contribution in [0.5, 0.6) is 5.75 Å². The third-order valence-electron chi connectivity index (χ3n) is 5.66. The van der Waals surface area contributed by atoms with Gasteiger partial charge < -0.3 is 10.1 Å². The summed E-state index contributed by atoms with van der Waals surface area (Å²) in [7, 11) is 1.47. The number of hydrogen-bond acceptors (Lipinski definition) is 4. The number of amides is 1. The van der Waals surface area contributed by atoms with E-state index in [0.717, 1.165) is 51.1 Å². The average molecular weight is 363 g/mol. The Hall–Kier alpha value is -1.66. The lowest BCUT2D eigenvalue weighted by Crippen LogP contribution is -2.54. The Labute approximate surface area is 155 Å². The second-order valence-electron chi connectivity index (χ2n) is 7.45. The van der Waals surface area contributed by atoms with Crippen LogP contribution in [0.15, 0.2) is 18.2 Å². The zero-order valence-electron chi connectivity index (χ0n) is 15.8. The first-order chi connectivity index (χ1) is 12.6. The molecule has 1 amide bonds. The molecule has 1 atom stereocenters. The van der Waals surface area contributed by atoms with E-state index in [2.05, 4.69) is 15.1 Å². The molecule has 6 heteroatoms. The van der Waals surface area contributed by atoms with Crippen LogP contribution in [0.1, 0.15) is 38.2 Å². The van der Waals surface area contributed by atoms with Gasteiger partial charge in [-0.15, -0.1) is 0 Å². The zero-order chi connectivity index (χ0) is 18.5. The van der Waals surface area contributed by atoms with E-state index in [1.165, 1.54) is 20.0 Å². The molecule has 1 aromatic carbocycles. The fourth-order valence-electron chi connectivity index (χ4n) is 3.93. The highest BCUT2D eigenvalue weighted by Gasteiger charge is 2.27. The van der Waals surface area contributed by atoms with Crippen molar-refractivity contribution in [3.63, 3.8) is 0 Å². The maximum absolute atomic E-state index is 13.8. The van der Waals surface area contributed by atoms with Crippen molar-refractivity contribution < 1.29 is 13.9 Å². The monoisotopic (exact) mass is 363 g/mol. The molecule has 1 unspecified atom stereocenters. The topological polar surface area (TPSA) is 44.8 Å². The van der Waals surface area contributed by atoms with Gasteiger partial charge in [0.2, 0.25) is 5.91 Å². The predicted molar refractivity (Wildman–Crippen MR) is 99.7 cm³/mol. The SMILES string of the molecule is COc1ccc(CN2CCN(C(C)C(=O)NC3CCCC3)CC2)cc1F. The fraction of sp³-hybridized carbons (Fsp3) is 0.650. The first kappa shape index (κ1) is 19.1. The highest BCUT2D eigenvalue weighted by molar-refractivity contribution is 5.81. The Kier molecular flexibility index (Phi) is 6.48. The molecule has 1 heterocycles. The van der Waals surface area contributed by atoms with Gasteiger partial charge >= 0.3 is 0 Å². The smallest absolute Gasteiger partial charge is 0.237 e. The van der Waals surface area contributed by atoms with E-state index in [1.54, 1.807) is 12.1 Å². The lowest BCUT2D eigenvalue weighted by molar-refractivity contribution is -0.127. The van der Waals surface area contributed by atoms with Gasteiger partial charge in [0.15, 0.2) is 11.6 Å². The van der Waals surface area contributed by atoms with E-state index in [0.29, 0.717) is 6.04 Å². The van der Waals surface area contributed by atoms with Gasteiger partial charge in [-0.1, -0.05) is 18.9 Å². The molecule has 1 aromatic rings. The third kappa shape index (κ3) is 4.74. The van der Waals surface area contributed by atoms with E-state index in [4.69, 9.17) is 4.74 Å². The quantitative estimate of drug-likeness (QED) is 0.843. The van der Waals surface area contributed by atoms with E-state index in [9.17, 15) is 9.18 Å². The lowest BCUT2D eigenvalue weighted by atomic mass is 10.1. The zero-order valence-corrected chi connectivity index (χ0v) is 15.8. The van der Waals surface area contributed by atoms with Gasteiger partial charge in [0.05, 0.1) is 13.2 Å². The first-order valence-corrected chi connectivity index (χ1v) is 9.66. The number of halogens is 1. The van der Waals surface area contributed by atoms with Gasteiger partial charge in [-0.3, -0.25) is 14.6 Å². The van der Waals surface area contributed by atoms with Crippen molar-refractivity contribution >= 4 is 5.91 Å². The molecule has 0 spiro atoms. The summed E-state index contributed by atoms with van der Waals surface area (Å²) in [4.78, 5) is 17.0. The van der Waals surface area contributed by atoms with Crippen LogP contribution in [0.3, 0.4) is 0 Å². The van der Waals surface area contributed by atoms with Crippen molar-refractivity contribution in [2.45, 2.75) is 51.2 Å². The average Bonchev–Trinajstić information content (AvgIpc) is 3.15. The molecule has 5 nitrogen and oxygen atoms in total. The summed E-state index contributed by atoms with van der Waals surface area (Å²) in [5.74, 6) is 0.115. The van der Waals surface area contributed by atoms with Gasteiger partial charge in [0, 0.05) is 38.8 Å². The maximum Gasteiger partial charge on any atom is 0.237 e. The number of methoxy groups -OCH3 is 1. The number of carbonyl (C=O) groups is 1. The van der Waals surface area contributed by atoms with Gasteiger partial charge in [0.25, 0.3) is 0 Å². The Morgan fingerprint density at radius 1 is 1.27 bits per heavy atom. The molecule has 3 rings (SSSR count). The highest BCUT2D eigenvalue weighted by Crippen LogP contribution is 2.20. The minimum absolute atomic E-state index is 0.0869. The molecule has 1 N–H and O–H groups in total. The molecule has 0 aromatic heterocycles. The molecule has 144 valence electrons. The van der Waals surface area contributed by atoms with Crippen molar-refractivity contribution in [3.8, 4) is 5.75 Å². The number of ether oxygens (including phenoxy) is 1. The number of nitrogens with zero attached hydrogens (tertiary/aromatic N) is 2. The maximum atomic E-state index is 13.8. The van der Waals surface area contributed by atoms with E-state index < -0.39 is 0 Å². The second kappa shape index (κ2) is 8.82. The Morgan fingerprint density at radius 3 is 2.58 bits per heavy atom. The molecular weight excluding hydrogens is 333 g/mol. The van der Waals surface area contributed by atoms with Crippen LogP contribution < -0.4 is 10.1 Å². The lowest BCUT2D eigenvalue weighted by Gasteiger charge is -2.37. The fourth-order valence-corrected chi connectivity index (χ4v) is 3.93. The summed E-state index contributed by atoms with van der Waals surface area (Å²) >= 11 is 0. The molecule has 1 saturated carbocycles. The number of benzene rings is 1. The molecule has 2 aliphatic rings. The standard InChI is InChI=1S/C20H30FN3O2/c1-15(20(25)22-17-5-3-4-6-17)24-11-9-23(10-12-24)14-16-7-8-19(26-2)18(21)13-16/h7-8,13,15,17H,3-6,9-12,14H2,1-2H3,(H,22,25). The first-order valence-electron chi connectivity index (χ1n) is 9.66. The minimum Gasteiger partial charge on any atom is -0.494 e. The highest BCUT2D eigenvalue weighted by atomic mass is 19.1. The Morgan fingerprint density at radius 2 is 1.96 bits per heavy atom. The van der Waals surface area contributed by atoms with E-state index in [1.807, 2.05) is 13.0 Å². The van der Waals surface area contributed by atoms with Crippen molar-refractivity contribution in [1.29, 1.82) is 0 Å². The number of nitrogens with one attached hydrogen (secondary N) is 1. The van der Waals surface area contributed by atoms with Crippen LogP contribution in [0, 0.1) is 5.82 Å². The largest absolute Gasteiger partial charge is 0.494 e. The third-order valence-corrected chi connectivity index (χ3v) is 5.66. The minimum atomic E-state index is -0.319. The van der Waals surface area contributed by atoms with Crippen LogP contribution >= 0.6 is 0 Å². The normalized spacial score (nSPS) is 20.9. The van der Waals surface area contributed by atoms with Crippen LogP contribution in [0.2, 0.25) is 0 Å². The van der Waals surface area contributed by atoms with Crippen LogP contribution in [0.4, 0.5) is 4.39 Å². The number of carbonyl (C=O) groups excluding carboxylic acids is 1. The predicted octanol–water partition coefficient (Wildman–Crippen LogP) is 2.40. The molecule has 0 bridgehead atoms. The number of piperazine rings is 1. The number of hydrogen-bond donors (Lipinski definition) is 1. The van der Waals surface area contributed by atoms with Crippen LogP contribution in [-0.2, 0) is 11.3 Å². The van der Waals surface area contributed by atoms with Crippen molar-refractivity contribution in [1.82, 2.24) is 15.1 Å². The molecule has 0 radical (unpaired) electrons. The molecule has 2 fully saturated rings. The van der Waals surface area contributed by atoms with Gasteiger partial charge in [-0.05, 0) is 37.5 Å². The summed E-state index contributed by atoms with van der Waals surface area (Å²) in [5, 5.41) is 3.20. The Bertz CT molecular complexity index is 611. The molecular formula is C20H30FN3O2. The summed E-state index contributed by atoms with van der Waals surface area (Å²) in [6.45, 7) is 6.20. The van der Waals surface area contributed by atoms with Crippen molar-refractivity contribution in [2.24, 2.45) is 0 Å². The van der Waals surface area contributed by atoms with E-state index >= 15 is 0 Å². The van der Waals surface area contributed by atoms with Gasteiger partial charge in [-0.25, -0.2) is 4.39 Å². The van der Waals surface area contributed by atoms with Crippen LogP contribution in [-0.4, -0.2) is 61.1 Å². The van der Waals surface area contributed by atoms with Gasteiger partial charge in [0.1, 0.15) is 0 Å². The van der Waals surface area contributed by atoms with Crippen LogP contribution in [0.25, 0.3) is 0 Å². The summed E-state index contributed by atoms with van der Waals surface area (Å²) in [6.07, 6.45) is 4.68. The second-order valence-corrected chi connectivity index (χ2v) is 7.45. The molecule has 26 heavy (non-hydrogen) atoms. The van der Waals surface area contributed by atoms with Crippen molar-refractivity contribution in [2.75, 3.05) is 33.3 Å². The van der Waals surface area contributed by atoms with E-state index in [-0.39, 0.29) is 23.5 Å². The summed E-state index contributed by atoms with van der Waals surface area (Å²) in [5.41, 5.74) is 0.948. The van der Waals surface area contributed by atoms with Crippen molar-refractivity contribution in [3.05, 3.63) is 29.6 Å². The summed E-state index contributed by atoms with van der Waals surface area (Å²) in [6, 6.07) is 5.41. The molecule has 1 saturated heterocycles. The number of rotatable bonds is 6. The Balaban J connectivity index is 1.46. The molecule has 1 aliphatic heterocycles. The molecule has 1 aliphatic carbocycles.